The van der Waals surface area contributed by atoms with Crippen molar-refractivity contribution in [1.29, 1.82) is 0 Å². The fourth-order valence-electron chi connectivity index (χ4n) is 2.66. The molecule has 3 heteroatoms. The standard InChI is InChI=1S/C21H15ClNS/c22-18-13-11-17(12-14-18)21-23(19-9-5-2-6-10-19)15-20(24-21)16-7-3-1-4-8-16/h1-15H/q+1. The van der Waals surface area contributed by atoms with Crippen molar-refractivity contribution < 1.29 is 4.57 Å². The molecular formula is C21H15ClNS+. The Morgan fingerprint density at radius 3 is 1.96 bits per heavy atom. The Hall–Kier alpha value is -2.42. The summed E-state index contributed by atoms with van der Waals surface area (Å²) in [6.07, 6.45) is 2.21. The zero-order chi connectivity index (χ0) is 16.4. The molecule has 0 N–H and O–H groups in total. The van der Waals surface area contributed by atoms with Crippen LogP contribution in [0.3, 0.4) is 0 Å². The van der Waals surface area contributed by atoms with E-state index in [4.69, 9.17) is 11.6 Å². The summed E-state index contributed by atoms with van der Waals surface area (Å²) in [5.41, 5.74) is 3.55. The maximum Gasteiger partial charge on any atom is 0.275 e. The molecule has 4 aromatic rings. The maximum atomic E-state index is 6.05. The predicted octanol–water partition coefficient (Wildman–Crippen LogP) is 6.01. The number of aromatic nitrogens is 1. The molecule has 0 radical (unpaired) electrons. The van der Waals surface area contributed by atoms with Crippen LogP contribution < -0.4 is 4.57 Å². The van der Waals surface area contributed by atoms with Crippen LogP contribution in [0.4, 0.5) is 0 Å². The second kappa shape index (κ2) is 6.60. The van der Waals surface area contributed by atoms with Gasteiger partial charge >= 0.3 is 0 Å². The highest BCUT2D eigenvalue weighted by Crippen LogP contribution is 2.32. The van der Waals surface area contributed by atoms with Crippen LogP contribution in [-0.2, 0) is 0 Å². The van der Waals surface area contributed by atoms with Crippen molar-refractivity contribution in [2.75, 3.05) is 0 Å². The van der Waals surface area contributed by atoms with Gasteiger partial charge in [-0.2, -0.15) is 0 Å². The van der Waals surface area contributed by atoms with Gasteiger partial charge in [-0.05, 0) is 29.8 Å². The number of hydrogen-bond acceptors (Lipinski definition) is 1. The lowest BCUT2D eigenvalue weighted by molar-refractivity contribution is -0.578. The smallest absolute Gasteiger partial charge is 0.149 e. The summed E-state index contributed by atoms with van der Waals surface area (Å²) in [7, 11) is 0. The van der Waals surface area contributed by atoms with Crippen molar-refractivity contribution in [3.8, 4) is 26.7 Å². The topological polar surface area (TPSA) is 3.88 Å². The minimum atomic E-state index is 0.754. The molecule has 116 valence electrons. The van der Waals surface area contributed by atoms with Crippen LogP contribution in [0.2, 0.25) is 5.02 Å². The van der Waals surface area contributed by atoms with E-state index >= 15 is 0 Å². The van der Waals surface area contributed by atoms with Crippen molar-refractivity contribution in [3.63, 3.8) is 0 Å². The summed E-state index contributed by atoms with van der Waals surface area (Å²) >= 11 is 7.84. The summed E-state index contributed by atoms with van der Waals surface area (Å²) in [6, 6.07) is 28.9. The lowest BCUT2D eigenvalue weighted by atomic mass is 10.2. The summed E-state index contributed by atoms with van der Waals surface area (Å²) in [5.74, 6) is 0. The molecule has 0 atom stereocenters. The third-order valence-corrected chi connectivity index (χ3v) is 5.29. The van der Waals surface area contributed by atoms with E-state index < -0.39 is 0 Å². The molecule has 1 nitrogen and oxygen atoms in total. The van der Waals surface area contributed by atoms with Gasteiger partial charge in [-0.25, -0.2) is 0 Å². The summed E-state index contributed by atoms with van der Waals surface area (Å²) in [4.78, 5) is 1.24. The number of benzene rings is 3. The molecule has 0 fully saturated rings. The van der Waals surface area contributed by atoms with Crippen LogP contribution in [0.1, 0.15) is 0 Å². The van der Waals surface area contributed by atoms with Crippen molar-refractivity contribution >= 4 is 22.9 Å². The second-order valence-electron chi connectivity index (χ2n) is 5.48. The van der Waals surface area contributed by atoms with Gasteiger partial charge in [0, 0.05) is 17.2 Å². The van der Waals surface area contributed by atoms with E-state index in [0.29, 0.717) is 0 Å². The van der Waals surface area contributed by atoms with Gasteiger partial charge < -0.3 is 0 Å². The van der Waals surface area contributed by atoms with Gasteiger partial charge in [-0.15, -0.1) is 4.57 Å². The molecule has 1 aromatic heterocycles. The quantitative estimate of drug-likeness (QED) is 0.399. The van der Waals surface area contributed by atoms with Crippen molar-refractivity contribution in [3.05, 3.63) is 96.1 Å². The summed E-state index contributed by atoms with van der Waals surface area (Å²) < 4.78 is 2.25. The average Bonchev–Trinajstić information content (AvgIpc) is 3.09. The van der Waals surface area contributed by atoms with Crippen LogP contribution in [0, 0.1) is 0 Å². The molecule has 0 unspecified atom stereocenters. The Balaban J connectivity index is 1.90. The van der Waals surface area contributed by atoms with E-state index in [1.807, 2.05) is 24.3 Å². The monoisotopic (exact) mass is 348 g/mol. The summed E-state index contributed by atoms with van der Waals surface area (Å²) in [6.45, 7) is 0. The van der Waals surface area contributed by atoms with E-state index in [2.05, 4.69) is 71.4 Å². The fourth-order valence-corrected chi connectivity index (χ4v) is 3.92. The summed E-state index contributed by atoms with van der Waals surface area (Å²) in [5, 5.41) is 1.95. The first-order valence-electron chi connectivity index (χ1n) is 7.73. The predicted molar refractivity (Wildman–Crippen MR) is 102 cm³/mol. The SMILES string of the molecule is Clc1ccc(-c2sc(-c3ccccc3)c[n+]2-c2ccccc2)cc1. The van der Waals surface area contributed by atoms with Gasteiger partial charge in [0.25, 0.3) is 5.01 Å². The van der Waals surface area contributed by atoms with Crippen molar-refractivity contribution in [2.24, 2.45) is 0 Å². The largest absolute Gasteiger partial charge is 0.275 e. The van der Waals surface area contributed by atoms with Gasteiger partial charge in [0.2, 0.25) is 5.69 Å². The first-order chi connectivity index (χ1) is 11.8. The second-order valence-corrected chi connectivity index (χ2v) is 6.95. The lowest BCUT2D eigenvalue weighted by Crippen LogP contribution is -2.29. The van der Waals surface area contributed by atoms with Gasteiger partial charge in [-0.3, -0.25) is 0 Å². The highest BCUT2D eigenvalue weighted by molar-refractivity contribution is 7.17. The molecule has 0 aliphatic carbocycles. The van der Waals surface area contributed by atoms with Crippen molar-refractivity contribution in [1.82, 2.24) is 0 Å². The van der Waals surface area contributed by atoms with Crippen LogP contribution in [-0.4, -0.2) is 0 Å². The molecule has 0 spiro atoms. The fraction of sp³-hybridized carbons (Fsp3) is 0. The van der Waals surface area contributed by atoms with E-state index in [9.17, 15) is 0 Å². The molecule has 0 saturated heterocycles. The Morgan fingerprint density at radius 1 is 0.667 bits per heavy atom. The third-order valence-electron chi connectivity index (χ3n) is 3.86. The van der Waals surface area contributed by atoms with E-state index in [0.717, 1.165) is 16.3 Å². The molecule has 3 aromatic carbocycles. The number of nitrogens with zero attached hydrogens (tertiary/aromatic N) is 1. The van der Waals surface area contributed by atoms with Gasteiger partial charge in [0.05, 0.1) is 5.56 Å². The molecule has 0 aliphatic rings. The van der Waals surface area contributed by atoms with Gasteiger partial charge in [0.1, 0.15) is 4.88 Å². The van der Waals surface area contributed by atoms with Gasteiger partial charge in [0.15, 0.2) is 6.20 Å². The Morgan fingerprint density at radius 2 is 1.29 bits per heavy atom. The van der Waals surface area contributed by atoms with E-state index in [1.165, 1.54) is 15.4 Å². The molecule has 0 amide bonds. The maximum absolute atomic E-state index is 6.05. The number of hydrogen-bond donors (Lipinski definition) is 0. The minimum absolute atomic E-state index is 0.754. The molecule has 24 heavy (non-hydrogen) atoms. The number of para-hydroxylation sites is 1. The molecule has 1 heterocycles. The zero-order valence-electron chi connectivity index (χ0n) is 12.9. The normalized spacial score (nSPS) is 10.7. The molecule has 0 bridgehead atoms. The van der Waals surface area contributed by atoms with E-state index in [-0.39, 0.29) is 0 Å². The van der Waals surface area contributed by atoms with Crippen LogP contribution in [0.15, 0.2) is 91.1 Å². The van der Waals surface area contributed by atoms with Gasteiger partial charge in [-0.1, -0.05) is 71.5 Å². The number of halogens is 1. The minimum Gasteiger partial charge on any atom is -0.149 e. The van der Waals surface area contributed by atoms with Crippen LogP contribution >= 0.6 is 22.9 Å². The van der Waals surface area contributed by atoms with Crippen molar-refractivity contribution in [2.45, 2.75) is 0 Å². The first-order valence-corrected chi connectivity index (χ1v) is 8.93. The molecule has 0 saturated carbocycles. The zero-order valence-corrected chi connectivity index (χ0v) is 14.5. The molecular weight excluding hydrogens is 334 g/mol. The average molecular weight is 349 g/mol. The number of thiazole rings is 1. The molecule has 0 aliphatic heterocycles. The number of rotatable bonds is 3. The first kappa shape index (κ1) is 15.1. The Labute approximate surface area is 150 Å². The van der Waals surface area contributed by atoms with Crippen LogP contribution in [0.5, 0.6) is 0 Å². The van der Waals surface area contributed by atoms with E-state index in [1.54, 1.807) is 11.3 Å². The Bertz CT molecular complexity index is 944. The lowest BCUT2D eigenvalue weighted by Gasteiger charge is -1.98. The highest BCUT2D eigenvalue weighted by Gasteiger charge is 2.22. The highest BCUT2D eigenvalue weighted by atomic mass is 35.5. The van der Waals surface area contributed by atoms with Crippen LogP contribution in [0.25, 0.3) is 26.7 Å². The third kappa shape index (κ3) is 2.99. The Kier molecular flexibility index (Phi) is 4.16. The molecule has 4 rings (SSSR count).